The fourth-order valence-corrected chi connectivity index (χ4v) is 10.1. The van der Waals surface area contributed by atoms with Crippen molar-refractivity contribution in [2.24, 2.45) is 10.9 Å². The van der Waals surface area contributed by atoms with Gasteiger partial charge in [-0.05, 0) is 95.5 Å². The highest BCUT2D eigenvalue weighted by Crippen LogP contribution is 2.56. The summed E-state index contributed by atoms with van der Waals surface area (Å²) in [6.07, 6.45) is 1.92. The molecule has 2 heterocycles. The van der Waals surface area contributed by atoms with Crippen molar-refractivity contribution < 1.29 is 0 Å². The number of fused-ring (bicyclic) bond motifs is 12. The minimum atomic E-state index is -0.247. The molecule has 2 aliphatic rings. The molecule has 0 fully saturated rings. The molecule has 254 valence electrons. The van der Waals surface area contributed by atoms with Crippen LogP contribution in [-0.2, 0) is 5.41 Å². The van der Waals surface area contributed by atoms with Gasteiger partial charge in [-0.2, -0.15) is 0 Å². The van der Waals surface area contributed by atoms with Crippen LogP contribution >= 0.6 is 0 Å². The van der Waals surface area contributed by atoms with Gasteiger partial charge in [-0.15, -0.1) is 0 Å². The molecule has 0 saturated heterocycles. The van der Waals surface area contributed by atoms with Gasteiger partial charge in [-0.25, -0.2) is 4.99 Å². The van der Waals surface area contributed by atoms with Crippen LogP contribution in [0.15, 0.2) is 162 Å². The minimum absolute atomic E-state index is 0.183. The quantitative estimate of drug-likeness (QED) is 0.162. The van der Waals surface area contributed by atoms with E-state index in [0.717, 1.165) is 18.7 Å². The molecule has 53 heavy (non-hydrogen) atoms. The Morgan fingerprint density at radius 1 is 0.566 bits per heavy atom. The van der Waals surface area contributed by atoms with E-state index in [4.69, 9.17) is 4.99 Å². The summed E-state index contributed by atoms with van der Waals surface area (Å²) in [6.45, 7) is 7.16. The van der Waals surface area contributed by atoms with Crippen LogP contribution in [0.5, 0.6) is 0 Å². The molecular weight excluding hydrogens is 641 g/mol. The highest BCUT2D eigenvalue weighted by molar-refractivity contribution is 6.25. The van der Waals surface area contributed by atoms with Crippen molar-refractivity contribution in [2.75, 3.05) is 0 Å². The van der Waals surface area contributed by atoms with Crippen molar-refractivity contribution >= 4 is 76.3 Å². The van der Waals surface area contributed by atoms with Crippen molar-refractivity contribution in [2.45, 2.75) is 44.9 Å². The SMILES string of the molecule is CC[C@H]1CC(n2c3ccccc3c3cc4ccccc4cc32)=NC2=C(c3ccccc3C2(C)C)C1c1ccc2c3ccccc3c3ccccc3c2c1. The van der Waals surface area contributed by atoms with E-state index in [-0.39, 0.29) is 11.3 Å². The largest absolute Gasteiger partial charge is 0.297 e. The van der Waals surface area contributed by atoms with Crippen LogP contribution < -0.4 is 0 Å². The van der Waals surface area contributed by atoms with Crippen molar-refractivity contribution in [1.29, 1.82) is 0 Å². The average Bonchev–Trinajstić information content (AvgIpc) is 3.54. The van der Waals surface area contributed by atoms with Crippen LogP contribution in [0.1, 0.15) is 56.2 Å². The van der Waals surface area contributed by atoms with E-state index in [1.54, 1.807) is 0 Å². The third-order valence-corrected chi connectivity index (χ3v) is 12.7. The second kappa shape index (κ2) is 11.3. The zero-order valence-electron chi connectivity index (χ0n) is 30.4. The summed E-state index contributed by atoms with van der Waals surface area (Å²) in [5.41, 5.74) is 8.95. The summed E-state index contributed by atoms with van der Waals surface area (Å²) >= 11 is 0. The summed E-state index contributed by atoms with van der Waals surface area (Å²) in [5.74, 6) is 1.67. The van der Waals surface area contributed by atoms with Gasteiger partial charge in [-0.3, -0.25) is 4.57 Å². The smallest absolute Gasteiger partial charge is 0.114 e. The van der Waals surface area contributed by atoms with Crippen LogP contribution in [0.2, 0.25) is 0 Å². The Hall–Kier alpha value is -5.99. The number of para-hydroxylation sites is 1. The zero-order valence-corrected chi connectivity index (χ0v) is 30.4. The molecule has 9 aromatic rings. The molecule has 1 unspecified atom stereocenters. The zero-order chi connectivity index (χ0) is 35.4. The van der Waals surface area contributed by atoms with E-state index in [9.17, 15) is 0 Å². The van der Waals surface area contributed by atoms with Gasteiger partial charge in [0.25, 0.3) is 0 Å². The van der Waals surface area contributed by atoms with E-state index in [1.807, 2.05) is 0 Å². The number of benzene rings is 8. The van der Waals surface area contributed by atoms with Crippen LogP contribution in [-0.4, -0.2) is 10.4 Å². The molecule has 0 amide bonds. The summed E-state index contributed by atoms with van der Waals surface area (Å²) < 4.78 is 2.51. The van der Waals surface area contributed by atoms with Gasteiger partial charge in [0.15, 0.2) is 0 Å². The maximum absolute atomic E-state index is 5.91. The first kappa shape index (κ1) is 30.6. The summed E-state index contributed by atoms with van der Waals surface area (Å²) in [7, 11) is 0. The van der Waals surface area contributed by atoms with Gasteiger partial charge < -0.3 is 0 Å². The maximum atomic E-state index is 5.91. The predicted molar refractivity (Wildman–Crippen MR) is 226 cm³/mol. The summed E-state index contributed by atoms with van der Waals surface area (Å²) in [5, 5.41) is 13.0. The van der Waals surface area contributed by atoms with Gasteiger partial charge in [0.2, 0.25) is 0 Å². The average molecular weight is 681 g/mol. The van der Waals surface area contributed by atoms with Crippen molar-refractivity contribution in [3.63, 3.8) is 0 Å². The van der Waals surface area contributed by atoms with Gasteiger partial charge in [0, 0.05) is 28.5 Å². The molecule has 11 rings (SSSR count). The fourth-order valence-electron chi connectivity index (χ4n) is 10.1. The van der Waals surface area contributed by atoms with E-state index in [1.165, 1.54) is 92.9 Å². The summed E-state index contributed by atoms with van der Waals surface area (Å²) in [4.78, 5) is 5.91. The number of hydrogen-bond donors (Lipinski definition) is 0. The van der Waals surface area contributed by atoms with Crippen LogP contribution in [0.25, 0.3) is 70.5 Å². The fraction of sp³-hybridized carbons (Fsp3) is 0.157. The van der Waals surface area contributed by atoms with Gasteiger partial charge in [0.1, 0.15) is 5.84 Å². The number of hydrogen-bond acceptors (Lipinski definition) is 1. The molecule has 0 N–H and O–H groups in total. The second-order valence-corrected chi connectivity index (χ2v) is 15.8. The van der Waals surface area contributed by atoms with Crippen LogP contribution in [0, 0.1) is 5.92 Å². The molecule has 1 aliphatic heterocycles. The molecule has 0 spiro atoms. The first-order chi connectivity index (χ1) is 26.0. The molecule has 2 heteroatoms. The Morgan fingerprint density at radius 3 is 1.87 bits per heavy atom. The highest BCUT2D eigenvalue weighted by atomic mass is 15.1. The predicted octanol–water partition coefficient (Wildman–Crippen LogP) is 13.6. The third kappa shape index (κ3) is 4.30. The van der Waals surface area contributed by atoms with E-state index in [2.05, 4.69) is 177 Å². The standard InChI is InChI=1S/C51H40N2/c1-4-31-30-47(53-45-24-14-12-21-40(45)43-27-32-15-5-6-16-33(32)29-46(43)53)52-50-49(41-22-11-13-23-44(41)51(50,2)3)48(31)34-25-26-39-37-19-8-7-17-35(37)36-18-9-10-20-38(36)42(39)28-34/h5-29,31,48H,4,30H2,1-3H3/t31-,48?/m0/s1. The van der Waals surface area contributed by atoms with Gasteiger partial charge in [-0.1, -0.05) is 155 Å². The second-order valence-electron chi connectivity index (χ2n) is 15.8. The van der Waals surface area contributed by atoms with Crippen LogP contribution in [0.4, 0.5) is 0 Å². The Morgan fingerprint density at radius 2 is 1.15 bits per heavy atom. The van der Waals surface area contributed by atoms with Crippen molar-refractivity contribution in [1.82, 2.24) is 4.57 Å². The number of rotatable bonds is 2. The lowest BCUT2D eigenvalue weighted by molar-refractivity contribution is 0.486. The third-order valence-electron chi connectivity index (χ3n) is 12.7. The van der Waals surface area contributed by atoms with E-state index < -0.39 is 0 Å². The van der Waals surface area contributed by atoms with Crippen molar-refractivity contribution in [3.8, 4) is 0 Å². The lowest BCUT2D eigenvalue weighted by Gasteiger charge is -2.29. The molecule has 0 saturated carbocycles. The molecule has 2 atom stereocenters. The molecule has 0 bridgehead atoms. The van der Waals surface area contributed by atoms with E-state index in [0.29, 0.717) is 5.92 Å². The normalized spacial score (nSPS) is 18.3. The Balaban J connectivity index is 1.20. The molecular formula is C51H40N2. The Labute approximate surface area is 309 Å². The maximum Gasteiger partial charge on any atom is 0.114 e. The molecule has 1 aliphatic carbocycles. The Bertz CT molecular complexity index is 3030. The number of aromatic nitrogens is 1. The summed E-state index contributed by atoms with van der Waals surface area (Å²) in [6, 6.07) is 56.8. The first-order valence-corrected chi connectivity index (χ1v) is 19.2. The Kier molecular flexibility index (Phi) is 6.50. The molecule has 8 aromatic carbocycles. The lowest BCUT2D eigenvalue weighted by atomic mass is 9.75. The lowest BCUT2D eigenvalue weighted by Crippen LogP contribution is -2.21. The van der Waals surface area contributed by atoms with Crippen LogP contribution in [0.3, 0.4) is 0 Å². The first-order valence-electron chi connectivity index (χ1n) is 19.2. The van der Waals surface area contributed by atoms with Gasteiger partial charge in [0.05, 0.1) is 16.7 Å². The highest BCUT2D eigenvalue weighted by Gasteiger charge is 2.45. The van der Waals surface area contributed by atoms with Gasteiger partial charge >= 0.3 is 0 Å². The van der Waals surface area contributed by atoms with Crippen molar-refractivity contribution in [3.05, 3.63) is 174 Å². The minimum Gasteiger partial charge on any atom is -0.297 e. The molecule has 0 radical (unpaired) electrons. The number of nitrogens with zero attached hydrogens (tertiary/aromatic N) is 2. The number of aliphatic imine (C=N–C) groups is 1. The van der Waals surface area contributed by atoms with E-state index >= 15 is 0 Å². The topological polar surface area (TPSA) is 17.3 Å². The molecule has 2 nitrogen and oxygen atoms in total. The number of allylic oxidation sites excluding steroid dienone is 2. The molecule has 1 aromatic heterocycles. The monoisotopic (exact) mass is 680 g/mol.